The standard InChI is InChI=1S/C15H17N3O6/c1-15(24-2,13(21)22)12(20)17-10-5-3-9(4-6-10)8-18-11(19)7-16-14(18)23/h3-6H,7-8H2,1-2H3,(H,16,23)(H,17,20)(H,21,22). The molecule has 1 aromatic rings. The average molecular weight is 335 g/mol. The second-order valence-corrected chi connectivity index (χ2v) is 5.33. The van der Waals surface area contributed by atoms with Crippen molar-refractivity contribution in [3.8, 4) is 0 Å². The van der Waals surface area contributed by atoms with Gasteiger partial charge in [0.25, 0.3) is 5.91 Å². The number of carbonyl (C=O) groups excluding carboxylic acids is 3. The molecule has 1 unspecified atom stereocenters. The van der Waals surface area contributed by atoms with Crippen molar-refractivity contribution in [2.45, 2.75) is 19.1 Å². The molecule has 0 aromatic heterocycles. The summed E-state index contributed by atoms with van der Waals surface area (Å²) in [5, 5.41) is 13.9. The van der Waals surface area contributed by atoms with Crippen LogP contribution in [0.5, 0.6) is 0 Å². The summed E-state index contributed by atoms with van der Waals surface area (Å²) >= 11 is 0. The van der Waals surface area contributed by atoms with Gasteiger partial charge in [-0.15, -0.1) is 0 Å². The van der Waals surface area contributed by atoms with E-state index in [4.69, 9.17) is 9.84 Å². The molecule has 0 radical (unpaired) electrons. The number of aliphatic carboxylic acids is 1. The number of hydrogen-bond donors (Lipinski definition) is 3. The molecule has 0 saturated carbocycles. The number of ether oxygens (including phenoxy) is 1. The maximum atomic E-state index is 12.0. The van der Waals surface area contributed by atoms with Gasteiger partial charge in [-0.05, 0) is 24.6 Å². The summed E-state index contributed by atoms with van der Waals surface area (Å²) in [6.07, 6.45) is 0. The number of carbonyl (C=O) groups is 4. The molecule has 1 atom stereocenters. The highest BCUT2D eigenvalue weighted by atomic mass is 16.5. The second kappa shape index (κ2) is 6.67. The maximum Gasteiger partial charge on any atom is 0.345 e. The predicted octanol–water partition coefficient (Wildman–Crippen LogP) is 0.167. The summed E-state index contributed by atoms with van der Waals surface area (Å²) in [6, 6.07) is 5.89. The number of nitrogens with zero attached hydrogens (tertiary/aromatic N) is 1. The minimum Gasteiger partial charge on any atom is -0.479 e. The molecule has 1 aromatic carbocycles. The topological polar surface area (TPSA) is 125 Å². The van der Waals surface area contributed by atoms with Crippen molar-refractivity contribution >= 4 is 29.5 Å². The minimum absolute atomic E-state index is 0.0161. The molecule has 1 aliphatic heterocycles. The Bertz CT molecular complexity index is 671. The van der Waals surface area contributed by atoms with Crippen LogP contribution < -0.4 is 10.6 Å². The monoisotopic (exact) mass is 335 g/mol. The fourth-order valence-electron chi connectivity index (χ4n) is 2.02. The van der Waals surface area contributed by atoms with Crippen LogP contribution in [0.3, 0.4) is 0 Å². The summed E-state index contributed by atoms with van der Waals surface area (Å²) in [4.78, 5) is 47.2. The van der Waals surface area contributed by atoms with E-state index in [1.807, 2.05) is 0 Å². The van der Waals surface area contributed by atoms with E-state index in [1.54, 1.807) is 24.3 Å². The second-order valence-electron chi connectivity index (χ2n) is 5.33. The third kappa shape index (κ3) is 3.35. The third-order valence-electron chi connectivity index (χ3n) is 3.74. The van der Waals surface area contributed by atoms with Gasteiger partial charge in [-0.1, -0.05) is 12.1 Å². The number of carboxylic acid groups (broad SMARTS) is 1. The van der Waals surface area contributed by atoms with E-state index in [9.17, 15) is 19.2 Å². The number of nitrogens with one attached hydrogen (secondary N) is 2. The Morgan fingerprint density at radius 3 is 2.42 bits per heavy atom. The summed E-state index contributed by atoms with van der Waals surface area (Å²) in [7, 11) is 1.13. The van der Waals surface area contributed by atoms with Gasteiger partial charge in [-0.2, -0.15) is 0 Å². The molecular formula is C15H17N3O6. The lowest BCUT2D eigenvalue weighted by molar-refractivity contribution is -0.165. The first kappa shape index (κ1) is 17.4. The summed E-state index contributed by atoms with van der Waals surface area (Å²) in [6.45, 7) is 1.25. The lowest BCUT2D eigenvalue weighted by Gasteiger charge is -2.22. The molecule has 1 heterocycles. The molecule has 0 spiro atoms. The molecule has 128 valence electrons. The number of imide groups is 1. The number of rotatable bonds is 6. The van der Waals surface area contributed by atoms with Crippen LogP contribution >= 0.6 is 0 Å². The van der Waals surface area contributed by atoms with Crippen LogP contribution in [0.1, 0.15) is 12.5 Å². The molecule has 3 N–H and O–H groups in total. The van der Waals surface area contributed by atoms with Crippen LogP contribution in [0, 0.1) is 0 Å². The van der Waals surface area contributed by atoms with E-state index in [1.165, 1.54) is 0 Å². The molecule has 9 nitrogen and oxygen atoms in total. The van der Waals surface area contributed by atoms with Crippen molar-refractivity contribution < 1.29 is 29.0 Å². The van der Waals surface area contributed by atoms with Gasteiger partial charge in [0, 0.05) is 12.8 Å². The van der Waals surface area contributed by atoms with Gasteiger partial charge < -0.3 is 20.5 Å². The number of methoxy groups -OCH3 is 1. The Balaban J connectivity index is 2.04. The zero-order chi connectivity index (χ0) is 17.9. The Morgan fingerprint density at radius 1 is 1.33 bits per heavy atom. The Morgan fingerprint density at radius 2 is 1.96 bits per heavy atom. The molecule has 24 heavy (non-hydrogen) atoms. The minimum atomic E-state index is -2.00. The van der Waals surface area contributed by atoms with E-state index in [0.717, 1.165) is 18.9 Å². The summed E-state index contributed by atoms with van der Waals surface area (Å²) in [5.74, 6) is -2.54. The van der Waals surface area contributed by atoms with Crippen LogP contribution in [0.25, 0.3) is 0 Å². The fourth-order valence-corrected chi connectivity index (χ4v) is 2.02. The molecule has 1 fully saturated rings. The summed E-state index contributed by atoms with van der Waals surface area (Å²) in [5.41, 5.74) is -0.949. The highest BCUT2D eigenvalue weighted by molar-refractivity contribution is 6.11. The molecule has 0 bridgehead atoms. The summed E-state index contributed by atoms with van der Waals surface area (Å²) < 4.78 is 4.77. The SMILES string of the molecule is COC(C)(C(=O)O)C(=O)Nc1ccc(CN2C(=O)CNC2=O)cc1. The van der Waals surface area contributed by atoms with Crippen LogP contribution in [-0.2, 0) is 25.7 Å². The van der Waals surface area contributed by atoms with Crippen molar-refractivity contribution in [2.75, 3.05) is 19.0 Å². The smallest absolute Gasteiger partial charge is 0.345 e. The van der Waals surface area contributed by atoms with Crippen LogP contribution in [0.2, 0.25) is 0 Å². The number of urea groups is 1. The van der Waals surface area contributed by atoms with Gasteiger partial charge in [0.05, 0.1) is 13.1 Å². The molecule has 1 saturated heterocycles. The molecular weight excluding hydrogens is 318 g/mol. The van der Waals surface area contributed by atoms with E-state index < -0.39 is 23.5 Å². The molecule has 4 amide bonds. The Labute approximate surface area is 137 Å². The quantitative estimate of drug-likeness (QED) is 0.502. The number of anilines is 1. The fraction of sp³-hybridized carbons (Fsp3) is 0.333. The van der Waals surface area contributed by atoms with Crippen LogP contribution in [0.15, 0.2) is 24.3 Å². The lowest BCUT2D eigenvalue weighted by atomic mass is 10.1. The van der Waals surface area contributed by atoms with E-state index in [2.05, 4.69) is 10.6 Å². The van der Waals surface area contributed by atoms with Gasteiger partial charge in [0.1, 0.15) is 0 Å². The number of benzene rings is 1. The third-order valence-corrected chi connectivity index (χ3v) is 3.74. The number of carboxylic acids is 1. The highest BCUT2D eigenvalue weighted by Crippen LogP contribution is 2.17. The first-order valence-electron chi connectivity index (χ1n) is 7.05. The van der Waals surface area contributed by atoms with Crippen LogP contribution in [0.4, 0.5) is 10.5 Å². The maximum absolute atomic E-state index is 12.0. The van der Waals surface area contributed by atoms with Gasteiger partial charge in [0.15, 0.2) is 0 Å². The molecule has 2 rings (SSSR count). The lowest BCUT2D eigenvalue weighted by Crippen LogP contribution is -2.48. The predicted molar refractivity (Wildman–Crippen MR) is 82.1 cm³/mol. The van der Waals surface area contributed by atoms with E-state index in [0.29, 0.717) is 11.3 Å². The first-order valence-corrected chi connectivity index (χ1v) is 7.05. The largest absolute Gasteiger partial charge is 0.479 e. The van der Waals surface area contributed by atoms with Gasteiger partial charge in [-0.3, -0.25) is 14.5 Å². The van der Waals surface area contributed by atoms with Crippen molar-refractivity contribution in [3.63, 3.8) is 0 Å². The molecule has 9 heteroatoms. The average Bonchev–Trinajstić information content (AvgIpc) is 2.87. The van der Waals surface area contributed by atoms with E-state index >= 15 is 0 Å². The van der Waals surface area contributed by atoms with Gasteiger partial charge >= 0.3 is 12.0 Å². The Kier molecular flexibility index (Phi) is 4.84. The normalized spacial score (nSPS) is 16.5. The van der Waals surface area contributed by atoms with Crippen molar-refractivity contribution in [1.82, 2.24) is 10.2 Å². The first-order chi connectivity index (χ1) is 11.3. The van der Waals surface area contributed by atoms with Gasteiger partial charge in [0.2, 0.25) is 11.5 Å². The Hall–Kier alpha value is -2.94. The molecule has 1 aliphatic rings. The zero-order valence-corrected chi connectivity index (χ0v) is 13.2. The van der Waals surface area contributed by atoms with Crippen molar-refractivity contribution in [3.05, 3.63) is 29.8 Å². The highest BCUT2D eigenvalue weighted by Gasteiger charge is 2.41. The number of hydrogen-bond acceptors (Lipinski definition) is 5. The van der Waals surface area contributed by atoms with Crippen molar-refractivity contribution in [1.29, 1.82) is 0 Å². The molecule has 0 aliphatic carbocycles. The van der Waals surface area contributed by atoms with Gasteiger partial charge in [-0.25, -0.2) is 9.59 Å². The van der Waals surface area contributed by atoms with Crippen LogP contribution in [-0.4, -0.2) is 53.1 Å². The number of amides is 4. The zero-order valence-electron chi connectivity index (χ0n) is 13.2. The van der Waals surface area contributed by atoms with E-state index in [-0.39, 0.29) is 19.0 Å². The van der Waals surface area contributed by atoms with Crippen molar-refractivity contribution in [2.24, 2.45) is 0 Å².